The van der Waals surface area contributed by atoms with Crippen LogP contribution in [0.2, 0.25) is 0 Å². The SMILES string of the molecule is COc1ccccc1S(=O)(=O)NC(=O)c1cc(C(C)c2ccccc2)c2c(c1)C1(CCC1)C(=O)N2. The number of ether oxygens (including phenoxy) is 1. The average molecular weight is 491 g/mol. The van der Waals surface area contributed by atoms with Gasteiger partial charge in [0.25, 0.3) is 15.9 Å². The topological polar surface area (TPSA) is 102 Å². The molecule has 3 aromatic carbocycles. The van der Waals surface area contributed by atoms with Crippen LogP contribution in [-0.4, -0.2) is 27.3 Å². The van der Waals surface area contributed by atoms with E-state index >= 15 is 0 Å². The molecule has 1 saturated carbocycles. The Morgan fingerprint density at radius 1 is 1.06 bits per heavy atom. The zero-order valence-corrected chi connectivity index (χ0v) is 20.3. The first-order valence-electron chi connectivity index (χ1n) is 11.5. The van der Waals surface area contributed by atoms with Crippen LogP contribution >= 0.6 is 0 Å². The summed E-state index contributed by atoms with van der Waals surface area (Å²) in [6.07, 6.45) is 2.33. The van der Waals surface area contributed by atoms with Gasteiger partial charge in [0.05, 0.1) is 12.5 Å². The van der Waals surface area contributed by atoms with Gasteiger partial charge in [-0.1, -0.05) is 55.8 Å². The zero-order chi connectivity index (χ0) is 24.8. The van der Waals surface area contributed by atoms with Crippen LogP contribution in [0, 0.1) is 0 Å². The van der Waals surface area contributed by atoms with Crippen molar-refractivity contribution >= 4 is 27.5 Å². The maximum atomic E-state index is 13.3. The van der Waals surface area contributed by atoms with Crippen molar-refractivity contribution in [3.8, 4) is 5.75 Å². The minimum absolute atomic E-state index is 0.0561. The van der Waals surface area contributed by atoms with E-state index in [1.54, 1.807) is 24.3 Å². The van der Waals surface area contributed by atoms with E-state index in [-0.39, 0.29) is 28.0 Å². The van der Waals surface area contributed by atoms with Crippen molar-refractivity contribution in [2.24, 2.45) is 0 Å². The molecule has 35 heavy (non-hydrogen) atoms. The minimum Gasteiger partial charge on any atom is -0.495 e. The molecule has 2 N–H and O–H groups in total. The molecular weight excluding hydrogens is 464 g/mol. The monoisotopic (exact) mass is 490 g/mol. The van der Waals surface area contributed by atoms with Crippen LogP contribution in [0.15, 0.2) is 71.6 Å². The number of hydrogen-bond acceptors (Lipinski definition) is 5. The Morgan fingerprint density at radius 2 is 1.74 bits per heavy atom. The number of benzene rings is 3. The Bertz CT molecular complexity index is 1430. The van der Waals surface area contributed by atoms with Gasteiger partial charge in [0, 0.05) is 17.2 Å². The molecule has 8 heteroatoms. The fourth-order valence-corrected chi connectivity index (χ4v) is 6.18. The van der Waals surface area contributed by atoms with Gasteiger partial charge in [0.1, 0.15) is 10.6 Å². The minimum atomic E-state index is -4.19. The fraction of sp³-hybridized carbons (Fsp3) is 0.259. The van der Waals surface area contributed by atoms with Crippen molar-refractivity contribution in [3.05, 3.63) is 89.0 Å². The Labute approximate surface area is 204 Å². The van der Waals surface area contributed by atoms with Crippen molar-refractivity contribution in [2.45, 2.75) is 42.4 Å². The third kappa shape index (κ3) is 3.78. The van der Waals surface area contributed by atoms with E-state index in [9.17, 15) is 18.0 Å². The average Bonchev–Trinajstić information content (AvgIpc) is 3.15. The highest BCUT2D eigenvalue weighted by Crippen LogP contribution is 2.53. The van der Waals surface area contributed by atoms with Crippen LogP contribution in [0.1, 0.15) is 59.2 Å². The number of anilines is 1. The smallest absolute Gasteiger partial charge is 0.268 e. The number of amides is 2. The Balaban J connectivity index is 1.58. The first-order chi connectivity index (χ1) is 16.8. The number of hydrogen-bond donors (Lipinski definition) is 2. The molecule has 3 aromatic rings. The third-order valence-corrected chi connectivity index (χ3v) is 8.55. The van der Waals surface area contributed by atoms with Crippen LogP contribution in [0.5, 0.6) is 5.75 Å². The molecule has 2 amide bonds. The predicted octanol–water partition coefficient (Wildman–Crippen LogP) is 4.34. The Hall–Kier alpha value is -3.65. The molecule has 180 valence electrons. The van der Waals surface area contributed by atoms with E-state index in [4.69, 9.17) is 4.74 Å². The van der Waals surface area contributed by atoms with E-state index in [0.717, 1.165) is 28.8 Å². The second kappa shape index (κ2) is 8.53. The van der Waals surface area contributed by atoms with Gasteiger partial charge in [-0.3, -0.25) is 9.59 Å². The number of carbonyl (C=O) groups excluding carboxylic acids is 2. The molecule has 7 nitrogen and oxygen atoms in total. The molecule has 1 aliphatic carbocycles. The molecule has 1 atom stereocenters. The Kier molecular flexibility index (Phi) is 5.63. The van der Waals surface area contributed by atoms with Gasteiger partial charge >= 0.3 is 0 Å². The largest absolute Gasteiger partial charge is 0.495 e. The van der Waals surface area contributed by atoms with Crippen molar-refractivity contribution in [3.63, 3.8) is 0 Å². The van der Waals surface area contributed by atoms with E-state index in [1.807, 2.05) is 37.3 Å². The number of sulfonamides is 1. The van der Waals surface area contributed by atoms with E-state index < -0.39 is 21.3 Å². The van der Waals surface area contributed by atoms with Gasteiger partial charge in [-0.2, -0.15) is 0 Å². The summed E-state index contributed by atoms with van der Waals surface area (Å²) in [5, 5.41) is 3.06. The summed E-state index contributed by atoms with van der Waals surface area (Å²) in [5.41, 5.74) is 2.85. The lowest BCUT2D eigenvalue weighted by Gasteiger charge is -2.36. The predicted molar refractivity (Wildman–Crippen MR) is 132 cm³/mol. The number of methoxy groups -OCH3 is 1. The van der Waals surface area contributed by atoms with Gasteiger partial charge < -0.3 is 10.1 Å². The normalized spacial score (nSPS) is 16.7. The molecule has 1 fully saturated rings. The highest BCUT2D eigenvalue weighted by atomic mass is 32.2. The molecule has 0 saturated heterocycles. The zero-order valence-electron chi connectivity index (χ0n) is 19.5. The molecule has 0 radical (unpaired) electrons. The molecule has 0 aromatic heterocycles. The summed E-state index contributed by atoms with van der Waals surface area (Å²) in [6.45, 7) is 2.01. The second-order valence-electron chi connectivity index (χ2n) is 9.10. The maximum absolute atomic E-state index is 13.3. The molecule has 0 bridgehead atoms. The highest BCUT2D eigenvalue weighted by molar-refractivity contribution is 7.90. The Morgan fingerprint density at radius 3 is 2.40 bits per heavy atom. The van der Waals surface area contributed by atoms with Gasteiger partial charge in [0.2, 0.25) is 5.91 Å². The van der Waals surface area contributed by atoms with Crippen LogP contribution in [-0.2, 0) is 20.2 Å². The summed E-state index contributed by atoms with van der Waals surface area (Å²) in [4.78, 5) is 26.2. The quantitative estimate of drug-likeness (QED) is 0.535. The first kappa shape index (κ1) is 23.1. The van der Waals surface area contributed by atoms with E-state index in [2.05, 4.69) is 10.0 Å². The van der Waals surface area contributed by atoms with Crippen LogP contribution < -0.4 is 14.8 Å². The standard InChI is InChI=1S/C27H26N2O5S/c1-17(18-9-4-3-5-10-18)20-15-19(16-21-24(20)28-26(31)27(21)13-8-14-27)25(30)29-35(32,33)23-12-7-6-11-22(23)34-2/h3-7,9-12,15-17H,8,13-14H2,1-2H3,(H,28,31)(H,29,30). The highest BCUT2D eigenvalue weighted by Gasteiger charge is 2.52. The molecule has 1 spiro atoms. The van der Waals surface area contributed by atoms with Crippen LogP contribution in [0.4, 0.5) is 5.69 Å². The summed E-state index contributed by atoms with van der Waals surface area (Å²) in [6, 6.07) is 19.3. The molecule has 1 heterocycles. The number of rotatable bonds is 6. The van der Waals surface area contributed by atoms with Crippen molar-refractivity contribution in [1.82, 2.24) is 4.72 Å². The van der Waals surface area contributed by atoms with Crippen molar-refractivity contribution in [1.29, 1.82) is 0 Å². The lowest BCUT2D eigenvalue weighted by Crippen LogP contribution is -2.41. The third-order valence-electron chi connectivity index (χ3n) is 7.18. The molecule has 5 rings (SSSR count). The van der Waals surface area contributed by atoms with Crippen LogP contribution in [0.25, 0.3) is 0 Å². The number of carbonyl (C=O) groups is 2. The van der Waals surface area contributed by atoms with Crippen molar-refractivity contribution in [2.75, 3.05) is 12.4 Å². The van der Waals surface area contributed by atoms with Gasteiger partial charge in [-0.25, -0.2) is 13.1 Å². The van der Waals surface area contributed by atoms with Gasteiger partial charge in [-0.15, -0.1) is 0 Å². The summed E-state index contributed by atoms with van der Waals surface area (Å²) >= 11 is 0. The molecule has 1 unspecified atom stereocenters. The van der Waals surface area contributed by atoms with Crippen molar-refractivity contribution < 1.29 is 22.7 Å². The summed E-state index contributed by atoms with van der Waals surface area (Å²) < 4.78 is 33.4. The lowest BCUT2D eigenvalue weighted by molar-refractivity contribution is -0.123. The first-order valence-corrected chi connectivity index (χ1v) is 13.0. The molecular formula is C27H26N2O5S. The molecule has 2 aliphatic rings. The molecule has 1 aliphatic heterocycles. The fourth-order valence-electron chi connectivity index (χ4n) is 5.03. The van der Waals surface area contributed by atoms with E-state index in [0.29, 0.717) is 12.8 Å². The number of para-hydroxylation sites is 1. The van der Waals surface area contributed by atoms with Gasteiger partial charge in [-0.05, 0) is 53.8 Å². The maximum Gasteiger partial charge on any atom is 0.268 e. The second-order valence-corrected chi connectivity index (χ2v) is 10.7. The number of fused-ring (bicyclic) bond motifs is 2. The number of nitrogens with one attached hydrogen (secondary N) is 2. The van der Waals surface area contributed by atoms with Crippen LogP contribution in [0.3, 0.4) is 0 Å². The lowest BCUT2D eigenvalue weighted by atomic mass is 9.64. The van der Waals surface area contributed by atoms with E-state index in [1.165, 1.54) is 19.2 Å². The van der Waals surface area contributed by atoms with Gasteiger partial charge in [0.15, 0.2) is 0 Å². The summed E-state index contributed by atoms with van der Waals surface area (Å²) in [5.74, 6) is -0.795. The summed E-state index contributed by atoms with van der Waals surface area (Å²) in [7, 11) is -2.82.